The fourth-order valence-corrected chi connectivity index (χ4v) is 4.49. The van der Waals surface area contributed by atoms with Gasteiger partial charge in [-0.05, 0) is 29.7 Å². The third kappa shape index (κ3) is 4.29. The van der Waals surface area contributed by atoms with Gasteiger partial charge < -0.3 is 24.0 Å². The van der Waals surface area contributed by atoms with Crippen LogP contribution in [0.15, 0.2) is 64.0 Å². The number of carbonyl (C=O) groups is 1. The van der Waals surface area contributed by atoms with Crippen LogP contribution in [0.4, 0.5) is 0 Å². The van der Waals surface area contributed by atoms with E-state index in [1.54, 1.807) is 23.0 Å². The lowest BCUT2D eigenvalue weighted by atomic mass is 10.1. The second kappa shape index (κ2) is 8.99. The number of pyridine rings is 1. The molecule has 0 aliphatic carbocycles. The molecule has 1 aliphatic heterocycles. The molecule has 170 valence electrons. The summed E-state index contributed by atoms with van der Waals surface area (Å²) in [6, 6.07) is 15.3. The SMILES string of the molecule is COc1cc(=O)n2c(c1C(=O)NCc1ccco1)CCN(Cc1cc3ccccc3[nH]1)CC2. The summed E-state index contributed by atoms with van der Waals surface area (Å²) in [4.78, 5) is 31.7. The van der Waals surface area contributed by atoms with Gasteiger partial charge in [-0.3, -0.25) is 14.5 Å². The molecule has 4 heterocycles. The zero-order valence-corrected chi connectivity index (χ0v) is 18.5. The zero-order chi connectivity index (χ0) is 22.8. The third-order valence-electron chi connectivity index (χ3n) is 6.12. The number of benzene rings is 1. The fraction of sp³-hybridized carbons (Fsp3) is 0.280. The maximum atomic E-state index is 13.1. The molecular formula is C25H26N4O4. The molecule has 1 aromatic carbocycles. The van der Waals surface area contributed by atoms with Crippen molar-refractivity contribution >= 4 is 16.8 Å². The molecule has 0 saturated carbocycles. The largest absolute Gasteiger partial charge is 0.496 e. The first-order chi connectivity index (χ1) is 16.1. The minimum Gasteiger partial charge on any atom is -0.496 e. The molecule has 1 amide bonds. The summed E-state index contributed by atoms with van der Waals surface area (Å²) < 4.78 is 12.4. The van der Waals surface area contributed by atoms with Gasteiger partial charge in [-0.25, -0.2) is 0 Å². The van der Waals surface area contributed by atoms with Gasteiger partial charge in [-0.15, -0.1) is 0 Å². The molecule has 3 aromatic heterocycles. The van der Waals surface area contributed by atoms with E-state index in [0.717, 1.165) is 24.3 Å². The summed E-state index contributed by atoms with van der Waals surface area (Å²) in [6.45, 7) is 2.95. The van der Waals surface area contributed by atoms with Crippen molar-refractivity contribution in [3.05, 3.63) is 87.9 Å². The lowest BCUT2D eigenvalue weighted by molar-refractivity contribution is 0.0942. The zero-order valence-electron chi connectivity index (χ0n) is 18.5. The Morgan fingerprint density at radius 2 is 2.03 bits per heavy atom. The molecule has 5 rings (SSSR count). The van der Waals surface area contributed by atoms with Gasteiger partial charge >= 0.3 is 0 Å². The van der Waals surface area contributed by atoms with Crippen LogP contribution in [0.3, 0.4) is 0 Å². The number of furan rings is 1. The van der Waals surface area contributed by atoms with Crippen molar-refractivity contribution in [3.8, 4) is 5.75 Å². The summed E-state index contributed by atoms with van der Waals surface area (Å²) in [5.41, 5.74) is 3.20. The normalized spacial score (nSPS) is 14.1. The molecule has 0 unspecified atom stereocenters. The van der Waals surface area contributed by atoms with Gasteiger partial charge in [0.25, 0.3) is 11.5 Å². The van der Waals surface area contributed by atoms with Gasteiger partial charge in [0, 0.05) is 55.6 Å². The first-order valence-corrected chi connectivity index (χ1v) is 11.0. The van der Waals surface area contributed by atoms with Gasteiger partial charge in [0.2, 0.25) is 0 Å². The van der Waals surface area contributed by atoms with Crippen molar-refractivity contribution in [2.75, 3.05) is 20.2 Å². The highest BCUT2D eigenvalue weighted by Gasteiger charge is 2.25. The minimum atomic E-state index is -0.281. The van der Waals surface area contributed by atoms with Crippen LogP contribution in [-0.4, -0.2) is 40.6 Å². The Hall–Kier alpha value is -3.78. The first-order valence-electron chi connectivity index (χ1n) is 11.0. The highest BCUT2D eigenvalue weighted by molar-refractivity contribution is 5.98. The van der Waals surface area contributed by atoms with Crippen LogP contribution >= 0.6 is 0 Å². The Balaban J connectivity index is 1.38. The van der Waals surface area contributed by atoms with Crippen LogP contribution < -0.4 is 15.6 Å². The number of fused-ring (bicyclic) bond motifs is 2. The molecule has 8 heteroatoms. The molecule has 0 radical (unpaired) electrons. The summed E-state index contributed by atoms with van der Waals surface area (Å²) in [6.07, 6.45) is 2.13. The van der Waals surface area contributed by atoms with E-state index in [9.17, 15) is 9.59 Å². The monoisotopic (exact) mass is 446 g/mol. The summed E-state index contributed by atoms with van der Waals surface area (Å²) in [5.74, 6) is 0.675. The first kappa shape index (κ1) is 21.1. The maximum absolute atomic E-state index is 13.1. The summed E-state index contributed by atoms with van der Waals surface area (Å²) in [5, 5.41) is 4.07. The number of ether oxygens (including phenoxy) is 1. The van der Waals surface area contributed by atoms with Crippen molar-refractivity contribution in [2.24, 2.45) is 0 Å². The van der Waals surface area contributed by atoms with Gasteiger partial charge in [0.15, 0.2) is 0 Å². The number of aromatic nitrogens is 2. The number of carbonyl (C=O) groups excluding carboxylic acids is 1. The van der Waals surface area contributed by atoms with Crippen molar-refractivity contribution in [2.45, 2.75) is 26.1 Å². The molecule has 1 aliphatic rings. The fourth-order valence-electron chi connectivity index (χ4n) is 4.49. The molecule has 33 heavy (non-hydrogen) atoms. The maximum Gasteiger partial charge on any atom is 0.257 e. The van der Waals surface area contributed by atoms with Crippen LogP contribution in [0.25, 0.3) is 10.9 Å². The minimum absolute atomic E-state index is 0.156. The number of aromatic amines is 1. The number of amides is 1. The molecule has 4 aromatic rings. The van der Waals surface area contributed by atoms with Gasteiger partial charge in [0.05, 0.1) is 19.9 Å². The molecule has 0 saturated heterocycles. The third-order valence-corrected chi connectivity index (χ3v) is 6.12. The predicted octanol–water partition coefficient (Wildman–Crippen LogP) is 2.92. The van der Waals surface area contributed by atoms with E-state index in [2.05, 4.69) is 33.4 Å². The molecule has 0 fully saturated rings. The molecule has 0 bridgehead atoms. The van der Waals surface area contributed by atoms with E-state index >= 15 is 0 Å². The van der Waals surface area contributed by atoms with Crippen molar-refractivity contribution < 1.29 is 13.9 Å². The predicted molar refractivity (Wildman–Crippen MR) is 124 cm³/mol. The standard InChI is InChI=1S/C25H26N4O4/c1-32-22-14-23(30)29-11-10-28(16-18-13-17-5-2-3-7-20(17)27-18)9-8-21(29)24(22)25(31)26-15-19-6-4-12-33-19/h2-7,12-14,27H,8-11,15-16H2,1H3,(H,26,31). The smallest absolute Gasteiger partial charge is 0.257 e. The number of hydrogen-bond donors (Lipinski definition) is 2. The number of hydrogen-bond acceptors (Lipinski definition) is 5. The number of nitrogens with zero attached hydrogens (tertiary/aromatic N) is 2. The Morgan fingerprint density at radius 3 is 2.82 bits per heavy atom. The molecule has 0 spiro atoms. The number of nitrogens with one attached hydrogen (secondary N) is 2. The number of methoxy groups -OCH3 is 1. The van der Waals surface area contributed by atoms with Gasteiger partial charge in [-0.1, -0.05) is 18.2 Å². The molecular weight excluding hydrogens is 420 g/mol. The van der Waals surface area contributed by atoms with E-state index in [1.165, 1.54) is 18.6 Å². The highest BCUT2D eigenvalue weighted by Crippen LogP contribution is 2.24. The highest BCUT2D eigenvalue weighted by atomic mass is 16.5. The second-order valence-electron chi connectivity index (χ2n) is 8.19. The number of rotatable bonds is 6. The average molecular weight is 447 g/mol. The lowest BCUT2D eigenvalue weighted by Gasteiger charge is -2.18. The van der Waals surface area contributed by atoms with Gasteiger partial charge in [0.1, 0.15) is 17.1 Å². The van der Waals surface area contributed by atoms with Crippen LogP contribution in [0.2, 0.25) is 0 Å². The van der Waals surface area contributed by atoms with Crippen LogP contribution in [0, 0.1) is 0 Å². The van der Waals surface area contributed by atoms with Crippen LogP contribution in [0.1, 0.15) is 27.5 Å². The molecule has 8 nitrogen and oxygen atoms in total. The number of H-pyrrole nitrogens is 1. The van der Waals surface area contributed by atoms with Crippen molar-refractivity contribution in [1.29, 1.82) is 0 Å². The quantitative estimate of drug-likeness (QED) is 0.475. The lowest BCUT2D eigenvalue weighted by Crippen LogP contribution is -2.31. The summed E-state index contributed by atoms with van der Waals surface area (Å²) >= 11 is 0. The van der Waals surface area contributed by atoms with Crippen molar-refractivity contribution in [3.63, 3.8) is 0 Å². The van der Waals surface area contributed by atoms with E-state index in [0.29, 0.717) is 42.3 Å². The Kier molecular flexibility index (Phi) is 5.75. The number of para-hydroxylation sites is 1. The van der Waals surface area contributed by atoms with Crippen molar-refractivity contribution in [1.82, 2.24) is 19.8 Å². The van der Waals surface area contributed by atoms with E-state index in [-0.39, 0.29) is 18.0 Å². The van der Waals surface area contributed by atoms with Crippen LogP contribution in [-0.2, 0) is 26.1 Å². The van der Waals surface area contributed by atoms with E-state index in [1.807, 2.05) is 12.1 Å². The molecule has 0 atom stereocenters. The Labute approximate surface area is 190 Å². The molecule has 2 N–H and O–H groups in total. The Morgan fingerprint density at radius 1 is 1.15 bits per heavy atom. The van der Waals surface area contributed by atoms with E-state index < -0.39 is 0 Å². The Bertz CT molecular complexity index is 1300. The average Bonchev–Trinajstić information content (AvgIpc) is 3.43. The topological polar surface area (TPSA) is 92.5 Å². The second-order valence-corrected chi connectivity index (χ2v) is 8.19. The van der Waals surface area contributed by atoms with Crippen LogP contribution in [0.5, 0.6) is 5.75 Å². The van der Waals surface area contributed by atoms with E-state index in [4.69, 9.17) is 9.15 Å². The van der Waals surface area contributed by atoms with Gasteiger partial charge in [-0.2, -0.15) is 0 Å². The summed E-state index contributed by atoms with van der Waals surface area (Å²) in [7, 11) is 1.48.